The van der Waals surface area contributed by atoms with Crippen LogP contribution in [0.25, 0.3) is 38.0 Å². The first-order chi connectivity index (χ1) is 19.7. The van der Waals surface area contributed by atoms with E-state index in [9.17, 15) is 0 Å². The van der Waals surface area contributed by atoms with Crippen molar-refractivity contribution >= 4 is 11.3 Å². The van der Waals surface area contributed by atoms with Crippen molar-refractivity contribution in [1.29, 1.82) is 0 Å². The maximum absolute atomic E-state index is 5.09. The van der Waals surface area contributed by atoms with Crippen LogP contribution in [0.2, 0.25) is 0 Å². The summed E-state index contributed by atoms with van der Waals surface area (Å²) in [5.41, 5.74) is 13.6. The molecule has 0 bridgehead atoms. The monoisotopic (exact) mass is 558 g/mol. The van der Waals surface area contributed by atoms with Gasteiger partial charge in [0.15, 0.2) is 0 Å². The van der Waals surface area contributed by atoms with Crippen molar-refractivity contribution in [2.75, 3.05) is 0 Å². The van der Waals surface area contributed by atoms with E-state index < -0.39 is 0 Å². The van der Waals surface area contributed by atoms with Gasteiger partial charge in [-0.3, -0.25) is 4.57 Å². The molecule has 5 aromatic rings. The highest BCUT2D eigenvalue weighted by atomic mass is 32.1. The topological polar surface area (TPSA) is 17.8 Å². The average Bonchev–Trinajstić information content (AvgIpc) is 3.26. The number of hydrogen-bond donors (Lipinski definition) is 0. The van der Waals surface area contributed by atoms with Gasteiger partial charge in [0.2, 0.25) is 0 Å². The number of rotatable bonds is 7. The minimum atomic E-state index is 0.227. The molecule has 1 fully saturated rings. The third-order valence-corrected chi connectivity index (χ3v) is 10.8. The lowest BCUT2D eigenvalue weighted by molar-refractivity contribution is 0.608. The molecule has 0 radical (unpaired) electrons. The Morgan fingerprint density at radius 1 is 0.902 bits per heavy atom. The van der Waals surface area contributed by atoms with Crippen LogP contribution in [0.4, 0.5) is 0 Å². The fraction of sp³-hybridized carbons (Fsp3) is 0.342. The number of nitrogens with zero attached hydrogens (tertiary/aromatic N) is 2. The Kier molecular flexibility index (Phi) is 7.06. The van der Waals surface area contributed by atoms with Gasteiger partial charge >= 0.3 is 0 Å². The lowest BCUT2D eigenvalue weighted by atomic mass is 9.84. The number of imidazole rings is 1. The average molecular weight is 559 g/mol. The number of aryl methyl sites for hydroxylation is 4. The first kappa shape index (κ1) is 27.7. The summed E-state index contributed by atoms with van der Waals surface area (Å²) in [4.78, 5) is 6.43. The van der Waals surface area contributed by atoms with E-state index in [2.05, 4.69) is 127 Å². The van der Waals surface area contributed by atoms with Crippen molar-refractivity contribution in [3.63, 3.8) is 0 Å². The fourth-order valence-electron chi connectivity index (χ4n) is 7.13. The number of benzene rings is 3. The summed E-state index contributed by atoms with van der Waals surface area (Å²) in [5.74, 6) is 2.14. The van der Waals surface area contributed by atoms with Crippen molar-refractivity contribution in [2.45, 2.75) is 79.6 Å². The molecule has 0 N–H and O–H groups in total. The van der Waals surface area contributed by atoms with Crippen molar-refractivity contribution in [3.05, 3.63) is 106 Å². The first-order valence-corrected chi connectivity index (χ1v) is 15.9. The maximum Gasteiger partial charge on any atom is 0.145 e. The van der Waals surface area contributed by atoms with Crippen molar-refractivity contribution < 1.29 is 0 Å². The Balaban J connectivity index is 1.58. The highest BCUT2D eigenvalue weighted by molar-refractivity contribution is 7.18. The molecule has 210 valence electrons. The maximum atomic E-state index is 5.09. The molecular formula is C38H42N2S. The van der Waals surface area contributed by atoms with E-state index in [0.29, 0.717) is 11.8 Å². The van der Waals surface area contributed by atoms with Gasteiger partial charge in [-0.2, -0.15) is 0 Å². The predicted octanol–water partition coefficient (Wildman–Crippen LogP) is 11.0. The molecule has 2 aromatic heterocycles. The molecule has 2 atom stereocenters. The molecule has 0 amide bonds. The van der Waals surface area contributed by atoms with Crippen molar-refractivity contribution in [3.8, 4) is 38.0 Å². The van der Waals surface area contributed by atoms with Gasteiger partial charge in [-0.25, -0.2) is 4.98 Å². The lowest BCUT2D eigenvalue weighted by Gasteiger charge is -2.22. The molecule has 2 nitrogen and oxygen atoms in total. The molecule has 0 saturated heterocycles. The molecule has 41 heavy (non-hydrogen) atoms. The minimum Gasteiger partial charge on any atom is -0.291 e. The number of aromatic nitrogens is 2. The van der Waals surface area contributed by atoms with Gasteiger partial charge in [-0.1, -0.05) is 76.2 Å². The molecule has 2 heterocycles. The molecule has 3 heteroatoms. The zero-order valence-electron chi connectivity index (χ0n) is 25.8. The van der Waals surface area contributed by atoms with Crippen LogP contribution in [0.3, 0.4) is 0 Å². The quantitative estimate of drug-likeness (QED) is 0.194. The summed E-state index contributed by atoms with van der Waals surface area (Å²) in [7, 11) is 0. The van der Waals surface area contributed by atoms with Gasteiger partial charge in [0.1, 0.15) is 10.8 Å². The fourth-order valence-corrected chi connectivity index (χ4v) is 8.60. The van der Waals surface area contributed by atoms with Crippen LogP contribution < -0.4 is 0 Å². The van der Waals surface area contributed by atoms with Gasteiger partial charge in [-0.15, -0.1) is 11.3 Å². The summed E-state index contributed by atoms with van der Waals surface area (Å²) in [6.07, 6.45) is 6.55. The zero-order chi connectivity index (χ0) is 29.1. The van der Waals surface area contributed by atoms with Crippen LogP contribution in [0.5, 0.6) is 0 Å². The third-order valence-electron chi connectivity index (χ3n) is 9.60. The van der Waals surface area contributed by atoms with Crippen LogP contribution in [0.1, 0.15) is 79.8 Å². The van der Waals surface area contributed by atoms with Crippen LogP contribution >= 0.6 is 11.3 Å². The summed E-state index contributed by atoms with van der Waals surface area (Å²) in [6.45, 7) is 18.3. The van der Waals surface area contributed by atoms with Crippen LogP contribution in [-0.2, 0) is 5.41 Å². The Bertz CT molecular complexity index is 1710. The van der Waals surface area contributed by atoms with E-state index in [1.807, 2.05) is 17.5 Å². The second kappa shape index (κ2) is 10.4. The highest BCUT2D eigenvalue weighted by Crippen LogP contribution is 2.59. The first-order valence-electron chi connectivity index (χ1n) is 15.1. The number of hydrogen-bond acceptors (Lipinski definition) is 2. The summed E-state index contributed by atoms with van der Waals surface area (Å²) >= 11 is 1.90. The van der Waals surface area contributed by atoms with Gasteiger partial charge in [0.05, 0.1) is 0 Å². The van der Waals surface area contributed by atoms with E-state index >= 15 is 0 Å². The van der Waals surface area contributed by atoms with E-state index in [0.717, 1.165) is 12.2 Å². The molecule has 1 aliphatic carbocycles. The lowest BCUT2D eigenvalue weighted by Crippen LogP contribution is -2.11. The van der Waals surface area contributed by atoms with E-state index in [1.54, 1.807) is 0 Å². The Morgan fingerprint density at radius 2 is 1.51 bits per heavy atom. The largest absolute Gasteiger partial charge is 0.291 e. The highest BCUT2D eigenvalue weighted by Gasteiger charge is 2.52. The number of thiophene rings is 1. The minimum absolute atomic E-state index is 0.227. The van der Waals surface area contributed by atoms with Gasteiger partial charge in [-0.05, 0) is 120 Å². The molecule has 6 rings (SSSR count). The molecule has 1 aliphatic rings. The molecular weight excluding hydrogens is 516 g/mol. The van der Waals surface area contributed by atoms with Crippen LogP contribution in [0.15, 0.2) is 73.1 Å². The summed E-state index contributed by atoms with van der Waals surface area (Å²) in [6, 6.07) is 22.9. The molecule has 1 saturated carbocycles. The smallest absolute Gasteiger partial charge is 0.145 e. The predicted molar refractivity (Wildman–Crippen MR) is 177 cm³/mol. The molecule has 3 aromatic carbocycles. The molecule has 0 spiro atoms. The Hall–Kier alpha value is -3.43. The Labute approximate surface area is 250 Å². The molecule has 1 unspecified atom stereocenters. The second-order valence-electron chi connectivity index (χ2n) is 12.6. The summed E-state index contributed by atoms with van der Waals surface area (Å²) < 4.78 is 2.38. The van der Waals surface area contributed by atoms with E-state index in [4.69, 9.17) is 4.98 Å². The van der Waals surface area contributed by atoms with Crippen molar-refractivity contribution in [1.82, 2.24) is 9.55 Å². The normalized spacial score (nSPS) is 18.3. The van der Waals surface area contributed by atoms with E-state index in [1.165, 1.54) is 71.9 Å². The van der Waals surface area contributed by atoms with Crippen molar-refractivity contribution in [2.24, 2.45) is 5.92 Å². The molecule has 0 aliphatic heterocycles. The van der Waals surface area contributed by atoms with Gasteiger partial charge < -0.3 is 0 Å². The van der Waals surface area contributed by atoms with Gasteiger partial charge in [0, 0.05) is 22.8 Å². The second-order valence-corrected chi connectivity index (χ2v) is 13.6. The standard InChI is InChI=1S/C38H42N2S/c1-9-38(22-28(38)8)32-17-16-29(34-24(4)12-10-13-25(34)5)20-31(32)36-39-18-19-40(36)37-30(23(2)3)21-33(41-37)35-26(6)14-11-15-27(35)7/h10-21,23,28H,9,22H2,1-8H3/t28-,38?/m0/s1. The van der Waals surface area contributed by atoms with Gasteiger partial charge in [0.25, 0.3) is 0 Å². The van der Waals surface area contributed by atoms with E-state index in [-0.39, 0.29) is 5.41 Å². The van der Waals surface area contributed by atoms with Crippen LogP contribution in [-0.4, -0.2) is 9.55 Å². The summed E-state index contributed by atoms with van der Waals surface area (Å²) in [5, 5.41) is 1.28. The Morgan fingerprint density at radius 3 is 2.07 bits per heavy atom. The third kappa shape index (κ3) is 4.59. The zero-order valence-corrected chi connectivity index (χ0v) is 26.6. The SMILES string of the molecule is CCC1(c2ccc(-c3c(C)cccc3C)cc2-c2nccn2-c2sc(-c3c(C)cccc3C)cc2C(C)C)C[C@@H]1C. The van der Waals surface area contributed by atoms with Crippen LogP contribution in [0, 0.1) is 33.6 Å².